The van der Waals surface area contributed by atoms with Gasteiger partial charge in [0.2, 0.25) is 5.95 Å². The molecule has 178 valence electrons. The van der Waals surface area contributed by atoms with Gasteiger partial charge in [-0.3, -0.25) is 4.90 Å². The molecular weight excluding hydrogens is 456 g/mol. The van der Waals surface area contributed by atoms with Gasteiger partial charge in [-0.25, -0.2) is 14.8 Å². The Hall–Kier alpha value is -3.20. The standard InChI is InChI=1S/C25H27ClN4O4/c1-17-3-2-4-18(11-17)14-27-25-28-15-20(16-29-25)19-12-21(24(31)32)23(26)22(13-19)34-10-7-30-5-8-33-9-6-30/h2-4,11-13,15-16H,5-10,14H2,1H3,(H,31,32)(H,27,28,29). The van der Waals surface area contributed by atoms with Crippen LogP contribution < -0.4 is 10.1 Å². The van der Waals surface area contributed by atoms with Gasteiger partial charge in [0, 0.05) is 44.1 Å². The van der Waals surface area contributed by atoms with Crippen molar-refractivity contribution in [2.75, 3.05) is 44.8 Å². The largest absolute Gasteiger partial charge is 0.491 e. The molecule has 0 saturated carbocycles. The molecule has 34 heavy (non-hydrogen) atoms. The fourth-order valence-corrected chi connectivity index (χ4v) is 3.95. The second-order valence-electron chi connectivity index (χ2n) is 8.08. The first-order chi connectivity index (χ1) is 16.5. The summed E-state index contributed by atoms with van der Waals surface area (Å²) in [5, 5.41) is 12.9. The second kappa shape index (κ2) is 11.3. The first-order valence-electron chi connectivity index (χ1n) is 11.1. The van der Waals surface area contributed by atoms with Crippen LogP contribution in [0.1, 0.15) is 21.5 Å². The first-order valence-corrected chi connectivity index (χ1v) is 11.5. The first kappa shape index (κ1) is 23.9. The molecule has 0 atom stereocenters. The Morgan fingerprint density at radius 2 is 1.94 bits per heavy atom. The van der Waals surface area contributed by atoms with Crippen molar-refractivity contribution in [2.24, 2.45) is 0 Å². The summed E-state index contributed by atoms with van der Waals surface area (Å²) < 4.78 is 11.2. The molecule has 0 aliphatic carbocycles. The Bertz CT molecular complexity index is 1130. The molecule has 1 aliphatic heterocycles. The van der Waals surface area contributed by atoms with Gasteiger partial charge in [-0.15, -0.1) is 0 Å². The molecule has 2 heterocycles. The highest BCUT2D eigenvalue weighted by Gasteiger charge is 2.18. The van der Waals surface area contributed by atoms with Crippen LogP contribution in [-0.4, -0.2) is 65.4 Å². The van der Waals surface area contributed by atoms with E-state index < -0.39 is 5.97 Å². The van der Waals surface area contributed by atoms with Crippen molar-refractivity contribution in [2.45, 2.75) is 13.5 Å². The Balaban J connectivity index is 1.46. The molecule has 0 amide bonds. The second-order valence-corrected chi connectivity index (χ2v) is 8.46. The van der Waals surface area contributed by atoms with E-state index in [2.05, 4.69) is 26.3 Å². The van der Waals surface area contributed by atoms with Gasteiger partial charge in [0.1, 0.15) is 12.4 Å². The van der Waals surface area contributed by atoms with Crippen molar-refractivity contribution in [3.05, 3.63) is 70.5 Å². The number of anilines is 1. The molecule has 1 aliphatic rings. The van der Waals surface area contributed by atoms with Crippen LogP contribution in [0.3, 0.4) is 0 Å². The van der Waals surface area contributed by atoms with Crippen LogP contribution in [-0.2, 0) is 11.3 Å². The highest BCUT2D eigenvalue weighted by molar-refractivity contribution is 6.35. The number of nitrogens with zero attached hydrogens (tertiary/aromatic N) is 3. The summed E-state index contributed by atoms with van der Waals surface area (Å²) in [4.78, 5) is 22.8. The van der Waals surface area contributed by atoms with Crippen molar-refractivity contribution in [3.63, 3.8) is 0 Å². The van der Waals surface area contributed by atoms with Crippen molar-refractivity contribution in [1.82, 2.24) is 14.9 Å². The lowest BCUT2D eigenvalue weighted by molar-refractivity contribution is 0.0322. The smallest absolute Gasteiger partial charge is 0.337 e. The van der Waals surface area contributed by atoms with Crippen LogP contribution in [0.25, 0.3) is 11.1 Å². The van der Waals surface area contributed by atoms with E-state index in [9.17, 15) is 9.90 Å². The van der Waals surface area contributed by atoms with Crippen LogP contribution in [0.15, 0.2) is 48.8 Å². The third-order valence-corrected chi connectivity index (χ3v) is 5.95. The molecule has 1 saturated heterocycles. The fourth-order valence-electron chi connectivity index (χ4n) is 3.71. The molecule has 3 aromatic rings. The maximum absolute atomic E-state index is 11.8. The monoisotopic (exact) mass is 482 g/mol. The SMILES string of the molecule is Cc1cccc(CNc2ncc(-c3cc(OCCN4CCOCC4)c(Cl)c(C(=O)O)c3)cn2)c1. The summed E-state index contributed by atoms with van der Waals surface area (Å²) >= 11 is 6.34. The van der Waals surface area contributed by atoms with Crippen molar-refractivity contribution in [1.29, 1.82) is 0 Å². The number of ether oxygens (including phenoxy) is 2. The van der Waals surface area contributed by atoms with E-state index >= 15 is 0 Å². The molecule has 2 N–H and O–H groups in total. The molecule has 0 bridgehead atoms. The molecule has 4 rings (SSSR count). The maximum atomic E-state index is 11.8. The molecule has 1 fully saturated rings. The summed E-state index contributed by atoms with van der Waals surface area (Å²) in [7, 11) is 0. The van der Waals surface area contributed by atoms with Gasteiger partial charge >= 0.3 is 5.97 Å². The van der Waals surface area contributed by atoms with Gasteiger partial charge in [-0.2, -0.15) is 0 Å². The van der Waals surface area contributed by atoms with Crippen molar-refractivity contribution in [3.8, 4) is 16.9 Å². The van der Waals surface area contributed by atoms with Crippen molar-refractivity contribution >= 4 is 23.5 Å². The molecular formula is C25H27ClN4O4. The number of morpholine rings is 1. The summed E-state index contributed by atoms with van der Waals surface area (Å²) in [5.74, 6) is -0.312. The molecule has 2 aromatic carbocycles. The highest BCUT2D eigenvalue weighted by Crippen LogP contribution is 2.34. The normalized spacial score (nSPS) is 14.1. The number of aromatic nitrogens is 2. The Morgan fingerprint density at radius 3 is 2.65 bits per heavy atom. The average molecular weight is 483 g/mol. The minimum absolute atomic E-state index is 0.0258. The zero-order valence-corrected chi connectivity index (χ0v) is 19.7. The Morgan fingerprint density at radius 1 is 1.18 bits per heavy atom. The lowest BCUT2D eigenvalue weighted by Crippen LogP contribution is -2.38. The topological polar surface area (TPSA) is 96.8 Å². The number of aryl methyl sites for hydroxylation is 1. The number of hydrogen-bond donors (Lipinski definition) is 2. The minimum atomic E-state index is -1.12. The number of benzene rings is 2. The number of aromatic carboxylic acids is 1. The van der Waals surface area contributed by atoms with Gasteiger partial charge in [-0.1, -0.05) is 41.4 Å². The fraction of sp³-hybridized carbons (Fsp3) is 0.320. The molecule has 1 aromatic heterocycles. The number of nitrogens with one attached hydrogen (secondary N) is 1. The predicted molar refractivity (Wildman–Crippen MR) is 131 cm³/mol. The summed E-state index contributed by atoms with van der Waals surface area (Å²) in [5.41, 5.74) is 3.58. The number of carboxylic acids is 1. The van der Waals surface area contributed by atoms with Crippen molar-refractivity contribution < 1.29 is 19.4 Å². The van der Waals surface area contributed by atoms with Gasteiger partial charge in [0.15, 0.2) is 0 Å². The molecule has 8 nitrogen and oxygen atoms in total. The molecule has 0 unspecified atom stereocenters. The van der Waals surface area contributed by atoms with E-state index in [4.69, 9.17) is 21.1 Å². The Kier molecular flexibility index (Phi) is 7.95. The third kappa shape index (κ3) is 6.22. The summed E-state index contributed by atoms with van der Waals surface area (Å²) in [6.07, 6.45) is 3.30. The Labute approximate surface area is 203 Å². The predicted octanol–water partition coefficient (Wildman–Crippen LogP) is 4.13. The van der Waals surface area contributed by atoms with E-state index in [1.165, 1.54) is 11.6 Å². The lowest BCUT2D eigenvalue weighted by atomic mass is 10.0. The quantitative estimate of drug-likeness (QED) is 0.470. The van der Waals surface area contributed by atoms with E-state index in [0.717, 1.165) is 18.7 Å². The van der Waals surface area contributed by atoms with Gasteiger partial charge in [-0.05, 0) is 30.2 Å². The van der Waals surface area contributed by atoms with Crippen LogP contribution in [0.4, 0.5) is 5.95 Å². The average Bonchev–Trinajstić information content (AvgIpc) is 2.85. The summed E-state index contributed by atoms with van der Waals surface area (Å²) in [6.45, 7) is 6.85. The van der Waals surface area contributed by atoms with Crippen LogP contribution >= 0.6 is 11.6 Å². The number of rotatable bonds is 9. The van der Waals surface area contributed by atoms with Crippen LogP contribution in [0, 0.1) is 6.92 Å². The number of carbonyl (C=O) groups is 1. The minimum Gasteiger partial charge on any atom is -0.491 e. The van der Waals surface area contributed by atoms with Gasteiger partial charge in [0.05, 0.1) is 23.8 Å². The van der Waals surface area contributed by atoms with E-state index in [1.807, 2.05) is 25.1 Å². The van der Waals surface area contributed by atoms with Crippen LogP contribution in [0.2, 0.25) is 5.02 Å². The maximum Gasteiger partial charge on any atom is 0.337 e. The van der Waals surface area contributed by atoms with E-state index in [0.29, 0.717) is 55.7 Å². The van der Waals surface area contributed by atoms with E-state index in [-0.39, 0.29) is 10.6 Å². The van der Waals surface area contributed by atoms with Gasteiger partial charge in [0.25, 0.3) is 0 Å². The van der Waals surface area contributed by atoms with Gasteiger partial charge < -0.3 is 19.9 Å². The third-order valence-electron chi connectivity index (χ3n) is 5.56. The number of halogens is 1. The lowest BCUT2D eigenvalue weighted by Gasteiger charge is -2.26. The highest BCUT2D eigenvalue weighted by atomic mass is 35.5. The number of carboxylic acid groups (broad SMARTS) is 1. The zero-order chi connectivity index (χ0) is 23.9. The molecule has 9 heteroatoms. The summed E-state index contributed by atoms with van der Waals surface area (Å²) in [6, 6.07) is 11.4. The number of hydrogen-bond acceptors (Lipinski definition) is 7. The zero-order valence-electron chi connectivity index (χ0n) is 19.0. The molecule has 0 radical (unpaired) electrons. The van der Waals surface area contributed by atoms with E-state index in [1.54, 1.807) is 18.5 Å². The molecule has 0 spiro atoms. The van der Waals surface area contributed by atoms with Crippen LogP contribution in [0.5, 0.6) is 5.75 Å².